The van der Waals surface area contributed by atoms with Gasteiger partial charge in [0.25, 0.3) is 0 Å². The number of urea groups is 1. The molecule has 0 aliphatic carbocycles. The molecule has 2 fully saturated rings. The Morgan fingerprint density at radius 2 is 1.90 bits per heavy atom. The summed E-state index contributed by atoms with van der Waals surface area (Å²) in [5.74, 6) is -0.753. The molecule has 1 aromatic carbocycles. The number of nitrogens with zero attached hydrogens (tertiary/aromatic N) is 5. The zero-order valence-corrected chi connectivity index (χ0v) is 25.0. The number of benzene rings is 1. The molecule has 4 N–H and O–H groups in total. The van der Waals surface area contributed by atoms with E-state index >= 15 is 0 Å². The molecule has 2 aliphatic rings. The third-order valence-electron chi connectivity index (χ3n) is 7.66. The number of nitrogen functional groups attached to an aromatic ring is 1. The summed E-state index contributed by atoms with van der Waals surface area (Å²) in [4.78, 5) is 40.1. The maximum atomic E-state index is 13.2. The van der Waals surface area contributed by atoms with Crippen LogP contribution in [0, 0.1) is 0 Å². The molecule has 4 heterocycles. The summed E-state index contributed by atoms with van der Waals surface area (Å²) in [5, 5.41) is 5.58. The molecule has 5 rings (SSSR count). The lowest BCUT2D eigenvalue weighted by molar-refractivity contribution is -0.205. The number of amides is 3. The second-order valence-corrected chi connectivity index (χ2v) is 12.2. The summed E-state index contributed by atoms with van der Waals surface area (Å²) in [5.41, 5.74) is 7.84. The minimum Gasteiger partial charge on any atom is -0.382 e. The predicted octanol–water partition coefficient (Wildman–Crippen LogP) is 2.97. The highest BCUT2D eigenvalue weighted by Crippen LogP contribution is 2.47. The van der Waals surface area contributed by atoms with Crippen molar-refractivity contribution in [2.45, 2.75) is 77.1 Å². The Morgan fingerprint density at radius 3 is 2.60 bits per heavy atom. The first-order valence-corrected chi connectivity index (χ1v) is 14.2. The van der Waals surface area contributed by atoms with E-state index in [1.807, 2.05) is 45.0 Å². The fourth-order valence-electron chi connectivity index (χ4n) is 5.53. The van der Waals surface area contributed by atoms with Crippen LogP contribution in [0.3, 0.4) is 0 Å². The highest BCUT2D eigenvalue weighted by atomic mass is 16.8. The van der Waals surface area contributed by atoms with Crippen molar-refractivity contribution in [2.24, 2.45) is 0 Å². The van der Waals surface area contributed by atoms with Crippen LogP contribution in [0.25, 0.3) is 11.2 Å². The van der Waals surface area contributed by atoms with Crippen LogP contribution in [0.2, 0.25) is 0 Å². The van der Waals surface area contributed by atoms with Gasteiger partial charge in [0.2, 0.25) is 11.6 Å². The summed E-state index contributed by atoms with van der Waals surface area (Å²) < 4.78 is 20.8. The molecular formula is C29H40N8O5. The molecule has 0 bridgehead atoms. The molecule has 42 heavy (non-hydrogen) atoms. The fourth-order valence-corrected chi connectivity index (χ4v) is 5.53. The molecule has 13 nitrogen and oxygen atoms in total. The Hall–Kier alpha value is -3.81. The van der Waals surface area contributed by atoms with Crippen molar-refractivity contribution in [1.82, 2.24) is 29.7 Å². The largest absolute Gasteiger partial charge is 0.382 e. The van der Waals surface area contributed by atoms with Crippen molar-refractivity contribution >= 4 is 34.6 Å². The van der Waals surface area contributed by atoms with Gasteiger partial charge < -0.3 is 35.5 Å². The maximum Gasteiger partial charge on any atom is 0.319 e. The quantitative estimate of drug-likeness (QED) is 0.364. The molecule has 226 valence electrons. The minimum absolute atomic E-state index is 0.0296. The van der Waals surface area contributed by atoms with Gasteiger partial charge in [-0.3, -0.25) is 9.36 Å². The monoisotopic (exact) mass is 580 g/mol. The number of nitrogens with one attached hydrogen (secondary N) is 2. The number of ether oxygens (including phenoxy) is 3. The minimum atomic E-state index is -1.04. The lowest BCUT2D eigenvalue weighted by Gasteiger charge is -2.29. The van der Waals surface area contributed by atoms with E-state index in [0.29, 0.717) is 23.4 Å². The molecule has 2 saturated heterocycles. The topological polar surface area (TPSA) is 159 Å². The van der Waals surface area contributed by atoms with E-state index in [-0.39, 0.29) is 49.3 Å². The zero-order valence-electron chi connectivity index (χ0n) is 25.0. The van der Waals surface area contributed by atoms with E-state index < -0.39 is 23.7 Å². The number of aromatic nitrogens is 4. The third kappa shape index (κ3) is 5.76. The molecule has 13 heteroatoms. The number of carbonyl (C=O) groups excluding carboxylic acids is 2. The van der Waals surface area contributed by atoms with Crippen molar-refractivity contribution in [3.63, 3.8) is 0 Å². The summed E-state index contributed by atoms with van der Waals surface area (Å²) >= 11 is 0. The van der Waals surface area contributed by atoms with E-state index in [1.54, 1.807) is 15.8 Å². The van der Waals surface area contributed by atoms with E-state index in [4.69, 9.17) is 19.9 Å². The Labute approximate surface area is 245 Å². The van der Waals surface area contributed by atoms with Crippen LogP contribution < -0.4 is 16.4 Å². The summed E-state index contributed by atoms with van der Waals surface area (Å²) in [6.07, 6.45) is 2.11. The van der Waals surface area contributed by atoms with Gasteiger partial charge in [0.1, 0.15) is 24.1 Å². The number of imidazole rings is 1. The van der Waals surface area contributed by atoms with Crippen LogP contribution in [0.15, 0.2) is 36.9 Å². The molecule has 0 saturated carbocycles. The van der Waals surface area contributed by atoms with E-state index in [2.05, 4.69) is 46.4 Å². The average molecular weight is 581 g/mol. The molecule has 2 aliphatic heterocycles. The lowest BCUT2D eigenvalue weighted by atomic mass is 9.87. The second-order valence-electron chi connectivity index (χ2n) is 12.2. The highest BCUT2D eigenvalue weighted by molar-refractivity contribution is 5.89. The van der Waals surface area contributed by atoms with Crippen LogP contribution in [-0.2, 0) is 30.1 Å². The summed E-state index contributed by atoms with van der Waals surface area (Å²) in [7, 11) is 0. The predicted molar refractivity (Wildman–Crippen MR) is 157 cm³/mol. The SMILES string of the molecule is CCN(CC1OCC2(n3cnc4c(N)ncnc43)OC(C)(C)OC12)C(=O)CCNC(=O)Nc1ccc(C(C)(C)C)cc1. The smallest absolute Gasteiger partial charge is 0.319 e. The number of likely N-dealkylation sites (N-methyl/N-ethyl adjacent to an activating group) is 1. The average Bonchev–Trinajstić information content (AvgIpc) is 3.57. The number of carbonyl (C=O) groups is 2. The van der Waals surface area contributed by atoms with E-state index in [0.717, 1.165) is 0 Å². The Kier molecular flexibility index (Phi) is 7.86. The van der Waals surface area contributed by atoms with Crippen molar-refractivity contribution < 1.29 is 23.8 Å². The molecule has 3 amide bonds. The van der Waals surface area contributed by atoms with Gasteiger partial charge in [-0.05, 0) is 43.9 Å². The van der Waals surface area contributed by atoms with Crippen LogP contribution in [0.5, 0.6) is 0 Å². The van der Waals surface area contributed by atoms with E-state index in [9.17, 15) is 9.59 Å². The molecular weight excluding hydrogens is 540 g/mol. The highest BCUT2D eigenvalue weighted by Gasteiger charge is 2.63. The van der Waals surface area contributed by atoms with E-state index in [1.165, 1.54) is 11.9 Å². The van der Waals surface area contributed by atoms with Crippen LogP contribution in [0.4, 0.5) is 16.3 Å². The first-order chi connectivity index (χ1) is 19.8. The first kappa shape index (κ1) is 29.7. The summed E-state index contributed by atoms with van der Waals surface area (Å²) in [6, 6.07) is 7.37. The number of nitrogens with two attached hydrogens (primary N) is 1. The van der Waals surface area contributed by atoms with Gasteiger partial charge in [0.05, 0.1) is 12.9 Å². The Balaban J connectivity index is 1.19. The standard InChI is InChI=1S/C29H40N8O5/c1-7-36(21(38)12-13-31-26(39)35-19-10-8-18(9-11-19)27(2,3)4)14-20-23-29(15-40-20,42-28(5,6)41-23)37-17-34-22-24(30)32-16-33-25(22)37/h8-11,16-17,20,23H,7,12-15H2,1-6H3,(H2,30,32,33)(H2,31,35,39). The van der Waals surface area contributed by atoms with Gasteiger partial charge in [0, 0.05) is 31.7 Å². The van der Waals surface area contributed by atoms with Crippen LogP contribution in [0.1, 0.15) is 53.5 Å². The number of hydrogen-bond acceptors (Lipinski definition) is 9. The van der Waals surface area contributed by atoms with Crippen molar-refractivity contribution in [2.75, 3.05) is 37.3 Å². The molecule has 2 aromatic heterocycles. The van der Waals surface area contributed by atoms with Gasteiger partial charge in [-0.25, -0.2) is 19.7 Å². The second kappa shape index (κ2) is 11.1. The lowest BCUT2D eigenvalue weighted by Crippen LogP contribution is -2.48. The number of anilines is 2. The number of fused-ring (bicyclic) bond motifs is 2. The molecule has 3 atom stereocenters. The van der Waals surface area contributed by atoms with Crippen LogP contribution >= 0.6 is 0 Å². The number of hydrogen-bond donors (Lipinski definition) is 3. The maximum absolute atomic E-state index is 13.2. The van der Waals surface area contributed by atoms with Gasteiger partial charge in [0.15, 0.2) is 17.3 Å². The van der Waals surface area contributed by atoms with Crippen molar-refractivity contribution in [1.29, 1.82) is 0 Å². The molecule has 0 radical (unpaired) electrons. The van der Waals surface area contributed by atoms with Gasteiger partial charge in [-0.15, -0.1) is 0 Å². The normalized spacial score (nSPS) is 23.1. The third-order valence-corrected chi connectivity index (χ3v) is 7.66. The molecule has 3 unspecified atom stereocenters. The van der Waals surface area contributed by atoms with Crippen LogP contribution in [-0.4, -0.2) is 80.6 Å². The van der Waals surface area contributed by atoms with Gasteiger partial charge in [-0.1, -0.05) is 32.9 Å². The molecule has 3 aromatic rings. The Morgan fingerprint density at radius 1 is 1.17 bits per heavy atom. The fraction of sp³-hybridized carbons (Fsp3) is 0.552. The first-order valence-electron chi connectivity index (χ1n) is 14.2. The van der Waals surface area contributed by atoms with Gasteiger partial charge >= 0.3 is 6.03 Å². The number of rotatable bonds is 8. The van der Waals surface area contributed by atoms with Gasteiger partial charge in [-0.2, -0.15) is 0 Å². The molecule has 0 spiro atoms. The zero-order chi connectivity index (χ0) is 30.3. The van der Waals surface area contributed by atoms with Crippen molar-refractivity contribution in [3.8, 4) is 0 Å². The summed E-state index contributed by atoms with van der Waals surface area (Å²) in [6.45, 7) is 13.1. The Bertz CT molecular complexity index is 1450. The van der Waals surface area contributed by atoms with Crippen molar-refractivity contribution in [3.05, 3.63) is 42.5 Å².